The molecule has 0 spiro atoms. The Balaban J connectivity index is 1.24. The van der Waals surface area contributed by atoms with Crippen LogP contribution in [0.1, 0.15) is 34.7 Å². The summed E-state index contributed by atoms with van der Waals surface area (Å²) >= 11 is 0. The molecule has 7 heteroatoms. The van der Waals surface area contributed by atoms with Gasteiger partial charge in [-0.15, -0.1) is 0 Å². The maximum absolute atomic E-state index is 12.4. The molecular formula is C26H28N4O3. The summed E-state index contributed by atoms with van der Waals surface area (Å²) in [6.07, 6.45) is 2.22. The minimum atomic E-state index is -0.375. The van der Waals surface area contributed by atoms with E-state index in [0.717, 1.165) is 28.2 Å². The van der Waals surface area contributed by atoms with Crippen LogP contribution >= 0.6 is 0 Å². The van der Waals surface area contributed by atoms with Gasteiger partial charge in [0.25, 0.3) is 5.91 Å². The average molecular weight is 445 g/mol. The van der Waals surface area contributed by atoms with Crippen molar-refractivity contribution >= 4 is 12.1 Å². The van der Waals surface area contributed by atoms with Gasteiger partial charge < -0.3 is 9.47 Å². The lowest BCUT2D eigenvalue weighted by Gasteiger charge is -2.11. The molecule has 1 aliphatic rings. The number of hydrazine groups is 1. The van der Waals surface area contributed by atoms with Crippen LogP contribution < -0.4 is 25.8 Å². The van der Waals surface area contributed by atoms with Crippen molar-refractivity contribution < 1.29 is 14.3 Å². The standard InChI is InChI=1S/C26H28N4O3/c1-18-3-5-20(6-4-18)17-33-23-13-9-21(10-14-23)24-15-25(29-28-24)26(31)30-27-16-19-7-11-22(32-2)12-8-19/h3-14,16,24-25,28-29H,15,17H2,1-2H3,(H,30,31)/b27-16+. The van der Waals surface area contributed by atoms with Crippen molar-refractivity contribution in [1.29, 1.82) is 0 Å². The van der Waals surface area contributed by atoms with E-state index < -0.39 is 0 Å². The first-order valence-corrected chi connectivity index (χ1v) is 10.9. The molecule has 1 saturated heterocycles. The summed E-state index contributed by atoms with van der Waals surface area (Å²) in [5.74, 6) is 1.40. The van der Waals surface area contributed by atoms with E-state index in [0.29, 0.717) is 13.0 Å². The van der Waals surface area contributed by atoms with E-state index in [-0.39, 0.29) is 18.0 Å². The van der Waals surface area contributed by atoms with E-state index >= 15 is 0 Å². The number of hydrogen-bond acceptors (Lipinski definition) is 6. The highest BCUT2D eigenvalue weighted by atomic mass is 16.5. The number of rotatable bonds is 8. The van der Waals surface area contributed by atoms with E-state index in [2.05, 4.69) is 52.6 Å². The Morgan fingerprint density at radius 1 is 1.00 bits per heavy atom. The monoisotopic (exact) mass is 444 g/mol. The summed E-state index contributed by atoms with van der Waals surface area (Å²) in [5.41, 5.74) is 13.2. The fourth-order valence-electron chi connectivity index (χ4n) is 3.53. The number of aryl methyl sites for hydroxylation is 1. The number of nitrogens with zero attached hydrogens (tertiary/aromatic N) is 1. The summed E-state index contributed by atoms with van der Waals surface area (Å²) < 4.78 is 11.0. The highest BCUT2D eigenvalue weighted by Crippen LogP contribution is 2.24. The van der Waals surface area contributed by atoms with Gasteiger partial charge in [-0.05, 0) is 66.4 Å². The molecule has 3 aromatic carbocycles. The van der Waals surface area contributed by atoms with Gasteiger partial charge in [-0.1, -0.05) is 42.0 Å². The predicted molar refractivity (Wildman–Crippen MR) is 128 cm³/mol. The van der Waals surface area contributed by atoms with Crippen LogP contribution in [0, 0.1) is 6.92 Å². The van der Waals surface area contributed by atoms with E-state index in [1.165, 1.54) is 5.56 Å². The molecule has 4 rings (SSSR count). The van der Waals surface area contributed by atoms with E-state index in [4.69, 9.17) is 9.47 Å². The van der Waals surface area contributed by atoms with Crippen molar-refractivity contribution in [2.75, 3.05) is 7.11 Å². The number of carbonyl (C=O) groups is 1. The molecule has 0 radical (unpaired) electrons. The van der Waals surface area contributed by atoms with Crippen LogP contribution in [0.5, 0.6) is 11.5 Å². The van der Waals surface area contributed by atoms with Crippen molar-refractivity contribution in [3.05, 3.63) is 95.1 Å². The van der Waals surface area contributed by atoms with Gasteiger partial charge in [0.1, 0.15) is 24.1 Å². The lowest BCUT2D eigenvalue weighted by atomic mass is 10.0. The van der Waals surface area contributed by atoms with Gasteiger partial charge in [0.05, 0.1) is 13.3 Å². The molecule has 2 unspecified atom stereocenters. The molecule has 7 nitrogen and oxygen atoms in total. The van der Waals surface area contributed by atoms with Crippen LogP contribution in [-0.2, 0) is 11.4 Å². The Morgan fingerprint density at radius 2 is 1.70 bits per heavy atom. The van der Waals surface area contributed by atoms with Gasteiger partial charge in [0.15, 0.2) is 0 Å². The number of amides is 1. The smallest absolute Gasteiger partial charge is 0.258 e. The summed E-state index contributed by atoms with van der Waals surface area (Å²) in [4.78, 5) is 12.4. The lowest BCUT2D eigenvalue weighted by Crippen LogP contribution is -2.41. The van der Waals surface area contributed by atoms with Crippen molar-refractivity contribution in [1.82, 2.24) is 16.3 Å². The second-order valence-electron chi connectivity index (χ2n) is 7.98. The summed E-state index contributed by atoms with van der Waals surface area (Å²) in [7, 11) is 1.62. The number of hydrazone groups is 1. The van der Waals surface area contributed by atoms with Crippen LogP contribution in [0.25, 0.3) is 0 Å². The fraction of sp³-hybridized carbons (Fsp3) is 0.231. The first-order chi connectivity index (χ1) is 16.1. The minimum absolute atomic E-state index is 0.0254. The van der Waals surface area contributed by atoms with Crippen LogP contribution in [0.4, 0.5) is 0 Å². The SMILES string of the molecule is COc1ccc(/C=N/NC(=O)C2CC(c3ccc(OCc4ccc(C)cc4)cc3)NN2)cc1. The molecule has 1 fully saturated rings. The number of carbonyl (C=O) groups excluding carboxylic acids is 1. The highest BCUT2D eigenvalue weighted by Gasteiger charge is 2.30. The minimum Gasteiger partial charge on any atom is -0.497 e. The molecule has 33 heavy (non-hydrogen) atoms. The molecular weight excluding hydrogens is 416 g/mol. The Morgan fingerprint density at radius 3 is 2.39 bits per heavy atom. The van der Waals surface area contributed by atoms with Crippen molar-refractivity contribution in [2.24, 2.45) is 5.10 Å². The quantitative estimate of drug-likeness (QED) is 0.365. The summed E-state index contributed by atoms with van der Waals surface area (Å²) in [6.45, 7) is 2.60. The zero-order chi connectivity index (χ0) is 23.0. The number of hydrogen-bond donors (Lipinski definition) is 3. The zero-order valence-corrected chi connectivity index (χ0v) is 18.7. The number of ether oxygens (including phenoxy) is 2. The Bertz CT molecular complexity index is 1080. The Hall–Kier alpha value is -3.68. The van der Waals surface area contributed by atoms with E-state index in [9.17, 15) is 4.79 Å². The highest BCUT2D eigenvalue weighted by molar-refractivity contribution is 5.85. The largest absolute Gasteiger partial charge is 0.497 e. The third-order valence-electron chi connectivity index (χ3n) is 5.53. The second kappa shape index (κ2) is 10.8. The number of benzene rings is 3. The van der Waals surface area contributed by atoms with Crippen LogP contribution in [0.2, 0.25) is 0 Å². The van der Waals surface area contributed by atoms with Gasteiger partial charge in [-0.3, -0.25) is 4.79 Å². The summed E-state index contributed by atoms with van der Waals surface area (Å²) in [6, 6.07) is 23.3. The second-order valence-corrected chi connectivity index (χ2v) is 7.98. The van der Waals surface area contributed by atoms with Crippen LogP contribution in [0.15, 0.2) is 77.9 Å². The average Bonchev–Trinajstić information content (AvgIpc) is 3.35. The topological polar surface area (TPSA) is 84.0 Å². The molecule has 0 saturated carbocycles. The Labute approximate surface area is 193 Å². The van der Waals surface area contributed by atoms with Crippen LogP contribution in [-0.4, -0.2) is 25.3 Å². The molecule has 0 aromatic heterocycles. The lowest BCUT2D eigenvalue weighted by molar-refractivity contribution is -0.122. The number of methoxy groups -OCH3 is 1. The van der Waals surface area contributed by atoms with Crippen molar-refractivity contribution in [2.45, 2.75) is 32.0 Å². The third kappa shape index (κ3) is 6.19. The van der Waals surface area contributed by atoms with Crippen molar-refractivity contribution in [3.63, 3.8) is 0 Å². The number of nitrogens with one attached hydrogen (secondary N) is 3. The first-order valence-electron chi connectivity index (χ1n) is 10.9. The normalized spacial score (nSPS) is 17.8. The summed E-state index contributed by atoms with van der Waals surface area (Å²) in [5, 5.41) is 4.05. The van der Waals surface area contributed by atoms with Gasteiger partial charge in [-0.2, -0.15) is 5.10 Å². The van der Waals surface area contributed by atoms with Gasteiger partial charge in [-0.25, -0.2) is 16.3 Å². The van der Waals surface area contributed by atoms with Gasteiger partial charge >= 0.3 is 0 Å². The van der Waals surface area contributed by atoms with Crippen molar-refractivity contribution in [3.8, 4) is 11.5 Å². The van der Waals surface area contributed by atoms with Gasteiger partial charge in [0, 0.05) is 6.04 Å². The van der Waals surface area contributed by atoms with E-state index in [1.54, 1.807) is 13.3 Å². The maximum atomic E-state index is 12.4. The molecule has 1 heterocycles. The molecule has 1 aliphatic heterocycles. The molecule has 3 aromatic rings. The molecule has 2 atom stereocenters. The zero-order valence-electron chi connectivity index (χ0n) is 18.7. The molecule has 3 N–H and O–H groups in total. The fourth-order valence-corrected chi connectivity index (χ4v) is 3.53. The Kier molecular flexibility index (Phi) is 7.34. The van der Waals surface area contributed by atoms with Crippen LogP contribution in [0.3, 0.4) is 0 Å². The molecule has 170 valence electrons. The maximum Gasteiger partial charge on any atom is 0.258 e. The predicted octanol–water partition coefficient (Wildman–Crippen LogP) is 3.64. The third-order valence-corrected chi connectivity index (χ3v) is 5.53. The van der Waals surface area contributed by atoms with Gasteiger partial charge in [0.2, 0.25) is 0 Å². The molecule has 1 amide bonds. The van der Waals surface area contributed by atoms with E-state index in [1.807, 2.05) is 48.5 Å². The molecule has 0 bridgehead atoms. The molecule has 0 aliphatic carbocycles. The first kappa shape index (κ1) is 22.5.